The lowest BCUT2D eigenvalue weighted by Gasteiger charge is -2.21. The SMILES string of the molecule is CNc1cc(C(C)(C)C)nc(C2CCc3ccccc32)n1. The molecule has 1 atom stereocenters. The van der Waals surface area contributed by atoms with Crippen molar-refractivity contribution in [1.82, 2.24) is 9.97 Å². The quantitative estimate of drug-likeness (QED) is 0.907. The zero-order valence-corrected chi connectivity index (χ0v) is 13.3. The summed E-state index contributed by atoms with van der Waals surface area (Å²) in [4.78, 5) is 9.61. The molecule has 0 spiro atoms. The van der Waals surface area contributed by atoms with Gasteiger partial charge in [0, 0.05) is 24.4 Å². The molecule has 0 aliphatic heterocycles. The summed E-state index contributed by atoms with van der Waals surface area (Å²) in [6.07, 6.45) is 2.23. The first-order valence-corrected chi connectivity index (χ1v) is 7.64. The van der Waals surface area contributed by atoms with Gasteiger partial charge >= 0.3 is 0 Å². The molecule has 0 saturated carbocycles. The van der Waals surface area contributed by atoms with E-state index < -0.39 is 0 Å². The fourth-order valence-electron chi connectivity index (χ4n) is 2.96. The van der Waals surface area contributed by atoms with Crippen LogP contribution in [-0.4, -0.2) is 17.0 Å². The van der Waals surface area contributed by atoms with Crippen molar-refractivity contribution >= 4 is 5.82 Å². The van der Waals surface area contributed by atoms with E-state index in [4.69, 9.17) is 9.97 Å². The van der Waals surface area contributed by atoms with Crippen LogP contribution in [0.15, 0.2) is 30.3 Å². The molecule has 0 amide bonds. The number of aryl methyl sites for hydroxylation is 1. The van der Waals surface area contributed by atoms with Gasteiger partial charge < -0.3 is 5.32 Å². The van der Waals surface area contributed by atoms with E-state index in [2.05, 4.69) is 56.4 Å². The van der Waals surface area contributed by atoms with Crippen molar-refractivity contribution in [2.24, 2.45) is 0 Å². The van der Waals surface area contributed by atoms with Crippen LogP contribution in [0.2, 0.25) is 0 Å². The molecule has 3 rings (SSSR count). The van der Waals surface area contributed by atoms with E-state index in [9.17, 15) is 0 Å². The molecular formula is C18H23N3. The van der Waals surface area contributed by atoms with E-state index in [0.29, 0.717) is 5.92 Å². The van der Waals surface area contributed by atoms with Crippen LogP contribution in [0.25, 0.3) is 0 Å². The molecule has 3 nitrogen and oxygen atoms in total. The van der Waals surface area contributed by atoms with E-state index in [1.54, 1.807) is 0 Å². The van der Waals surface area contributed by atoms with Crippen molar-refractivity contribution in [3.05, 3.63) is 53.0 Å². The summed E-state index contributed by atoms with van der Waals surface area (Å²) >= 11 is 0. The van der Waals surface area contributed by atoms with Crippen molar-refractivity contribution in [1.29, 1.82) is 0 Å². The highest BCUT2D eigenvalue weighted by Gasteiger charge is 2.27. The Labute approximate surface area is 126 Å². The second kappa shape index (κ2) is 5.14. The average molecular weight is 281 g/mol. The van der Waals surface area contributed by atoms with Gasteiger partial charge in [0.2, 0.25) is 0 Å². The largest absolute Gasteiger partial charge is 0.373 e. The summed E-state index contributed by atoms with van der Waals surface area (Å²) in [6.45, 7) is 6.59. The number of anilines is 1. The van der Waals surface area contributed by atoms with Crippen LogP contribution in [0.5, 0.6) is 0 Å². The molecule has 1 aliphatic carbocycles. The minimum absolute atomic E-state index is 0.0292. The Morgan fingerprint density at radius 2 is 1.90 bits per heavy atom. The summed E-state index contributed by atoms with van der Waals surface area (Å²) in [6, 6.07) is 10.7. The monoisotopic (exact) mass is 281 g/mol. The summed E-state index contributed by atoms with van der Waals surface area (Å²) in [5.74, 6) is 2.20. The van der Waals surface area contributed by atoms with Crippen molar-refractivity contribution in [2.75, 3.05) is 12.4 Å². The topological polar surface area (TPSA) is 37.8 Å². The molecule has 0 bridgehead atoms. The number of nitrogens with zero attached hydrogens (tertiary/aromatic N) is 2. The number of hydrogen-bond acceptors (Lipinski definition) is 3. The lowest BCUT2D eigenvalue weighted by atomic mass is 9.91. The smallest absolute Gasteiger partial charge is 0.138 e. The zero-order chi connectivity index (χ0) is 15.0. The number of nitrogens with one attached hydrogen (secondary N) is 1. The van der Waals surface area contributed by atoms with E-state index in [1.165, 1.54) is 11.1 Å². The molecule has 0 saturated heterocycles. The number of rotatable bonds is 2. The van der Waals surface area contributed by atoms with Crippen molar-refractivity contribution in [2.45, 2.75) is 44.9 Å². The maximum absolute atomic E-state index is 4.88. The molecule has 110 valence electrons. The van der Waals surface area contributed by atoms with Gasteiger partial charge in [-0.05, 0) is 24.0 Å². The van der Waals surface area contributed by atoms with E-state index >= 15 is 0 Å². The van der Waals surface area contributed by atoms with Gasteiger partial charge in [-0.25, -0.2) is 9.97 Å². The Morgan fingerprint density at radius 1 is 1.14 bits per heavy atom. The third-order valence-corrected chi connectivity index (χ3v) is 4.21. The molecule has 3 heteroatoms. The molecular weight excluding hydrogens is 258 g/mol. The Hall–Kier alpha value is -1.90. The van der Waals surface area contributed by atoms with Gasteiger partial charge in [-0.15, -0.1) is 0 Å². The van der Waals surface area contributed by atoms with Crippen LogP contribution in [0.4, 0.5) is 5.82 Å². The van der Waals surface area contributed by atoms with Crippen molar-refractivity contribution in [3.63, 3.8) is 0 Å². The molecule has 2 aromatic rings. The fraction of sp³-hybridized carbons (Fsp3) is 0.444. The molecule has 0 radical (unpaired) electrons. The van der Waals surface area contributed by atoms with Crippen molar-refractivity contribution in [3.8, 4) is 0 Å². The lowest BCUT2D eigenvalue weighted by molar-refractivity contribution is 0.558. The van der Waals surface area contributed by atoms with Gasteiger partial charge in [0.05, 0.1) is 5.69 Å². The normalized spacial score (nSPS) is 17.6. The molecule has 1 heterocycles. The second-order valence-corrected chi connectivity index (χ2v) is 6.79. The molecule has 1 aromatic carbocycles. The Balaban J connectivity index is 2.07. The van der Waals surface area contributed by atoms with Gasteiger partial charge in [-0.1, -0.05) is 45.0 Å². The molecule has 1 aliphatic rings. The number of benzene rings is 1. The molecule has 21 heavy (non-hydrogen) atoms. The first-order chi connectivity index (χ1) is 9.99. The average Bonchev–Trinajstić information content (AvgIpc) is 2.89. The highest BCUT2D eigenvalue weighted by atomic mass is 15.0. The predicted molar refractivity (Wildman–Crippen MR) is 86.9 cm³/mol. The maximum atomic E-state index is 4.88. The number of aromatic nitrogens is 2. The summed E-state index contributed by atoms with van der Waals surface area (Å²) < 4.78 is 0. The Morgan fingerprint density at radius 3 is 2.62 bits per heavy atom. The fourth-order valence-corrected chi connectivity index (χ4v) is 2.96. The predicted octanol–water partition coefficient (Wildman–Crippen LogP) is 3.89. The van der Waals surface area contributed by atoms with Crippen LogP contribution >= 0.6 is 0 Å². The van der Waals surface area contributed by atoms with Gasteiger partial charge in [-0.3, -0.25) is 0 Å². The number of fused-ring (bicyclic) bond motifs is 1. The Bertz CT molecular complexity index is 656. The van der Waals surface area contributed by atoms with Crippen LogP contribution < -0.4 is 5.32 Å². The van der Waals surface area contributed by atoms with Crippen LogP contribution in [0, 0.1) is 0 Å². The second-order valence-electron chi connectivity index (χ2n) is 6.79. The summed E-state index contributed by atoms with van der Waals surface area (Å²) in [5, 5.41) is 3.18. The van der Waals surface area contributed by atoms with Gasteiger partial charge in [-0.2, -0.15) is 0 Å². The number of hydrogen-bond donors (Lipinski definition) is 1. The minimum atomic E-state index is 0.0292. The lowest BCUT2D eigenvalue weighted by Crippen LogP contribution is -2.17. The zero-order valence-electron chi connectivity index (χ0n) is 13.3. The first-order valence-electron chi connectivity index (χ1n) is 7.64. The van der Waals surface area contributed by atoms with E-state index in [-0.39, 0.29) is 5.41 Å². The first kappa shape index (κ1) is 14.1. The van der Waals surface area contributed by atoms with E-state index in [1.807, 2.05) is 7.05 Å². The summed E-state index contributed by atoms with van der Waals surface area (Å²) in [5.41, 5.74) is 3.96. The third kappa shape index (κ3) is 2.65. The van der Waals surface area contributed by atoms with Gasteiger partial charge in [0.15, 0.2) is 0 Å². The standard InChI is InChI=1S/C18H23N3/c1-18(2,3)15-11-16(19-4)21-17(20-15)14-10-9-12-7-5-6-8-13(12)14/h5-8,11,14H,9-10H2,1-4H3,(H,19,20,21). The molecule has 0 fully saturated rings. The summed E-state index contributed by atoms with van der Waals surface area (Å²) in [7, 11) is 1.92. The van der Waals surface area contributed by atoms with Gasteiger partial charge in [0.25, 0.3) is 0 Å². The minimum Gasteiger partial charge on any atom is -0.373 e. The van der Waals surface area contributed by atoms with Crippen molar-refractivity contribution < 1.29 is 0 Å². The molecule has 1 aromatic heterocycles. The highest BCUT2D eigenvalue weighted by Crippen LogP contribution is 2.37. The van der Waals surface area contributed by atoms with Crippen LogP contribution in [-0.2, 0) is 11.8 Å². The maximum Gasteiger partial charge on any atom is 0.138 e. The third-order valence-electron chi connectivity index (χ3n) is 4.21. The van der Waals surface area contributed by atoms with Gasteiger partial charge in [0.1, 0.15) is 11.6 Å². The highest BCUT2D eigenvalue weighted by molar-refractivity contribution is 5.42. The Kier molecular flexibility index (Phi) is 3.44. The van der Waals surface area contributed by atoms with Crippen LogP contribution in [0.3, 0.4) is 0 Å². The van der Waals surface area contributed by atoms with Crippen LogP contribution in [0.1, 0.15) is 55.8 Å². The molecule has 1 unspecified atom stereocenters. The van der Waals surface area contributed by atoms with E-state index in [0.717, 1.165) is 30.2 Å². The molecule has 1 N–H and O–H groups in total.